The number of aliphatic hydroxyl groups excluding tert-OH is 1. The molecule has 0 spiro atoms. The number of ether oxygens (including phenoxy) is 2. The van der Waals surface area contributed by atoms with Crippen LogP contribution in [0.25, 0.3) is 0 Å². The van der Waals surface area contributed by atoms with Crippen LogP contribution in [0.1, 0.15) is 12.8 Å². The van der Waals surface area contributed by atoms with Crippen molar-refractivity contribution in [2.75, 3.05) is 59.6 Å². The maximum atomic E-state index is 9.05. The molecule has 2 atom stereocenters. The number of methoxy groups -OCH3 is 1. The highest BCUT2D eigenvalue weighted by molar-refractivity contribution is 4.79. The third-order valence-corrected chi connectivity index (χ3v) is 3.94. The zero-order chi connectivity index (χ0) is 12.8. The van der Waals surface area contributed by atoms with Gasteiger partial charge >= 0.3 is 0 Å². The molecular formula is C13H26N2O3. The molecule has 1 N–H and O–H groups in total. The molecule has 2 heterocycles. The van der Waals surface area contributed by atoms with Crippen molar-refractivity contribution in [3.8, 4) is 0 Å². The Morgan fingerprint density at radius 2 is 1.78 bits per heavy atom. The second-order valence-electron chi connectivity index (χ2n) is 5.28. The van der Waals surface area contributed by atoms with Crippen LogP contribution in [-0.4, -0.2) is 86.7 Å². The first kappa shape index (κ1) is 14.2. The maximum absolute atomic E-state index is 9.05. The third kappa shape index (κ3) is 4.17. The Balaban J connectivity index is 1.62. The van der Waals surface area contributed by atoms with Crippen LogP contribution in [0.4, 0.5) is 0 Å². The van der Waals surface area contributed by atoms with Gasteiger partial charge in [-0.2, -0.15) is 0 Å². The second kappa shape index (κ2) is 7.40. The number of piperazine rings is 1. The molecule has 5 nitrogen and oxygen atoms in total. The molecule has 0 bridgehead atoms. The fraction of sp³-hybridized carbons (Fsp3) is 1.00. The Labute approximate surface area is 110 Å². The number of rotatable bonds is 6. The van der Waals surface area contributed by atoms with Gasteiger partial charge in [0.05, 0.1) is 25.4 Å². The number of aliphatic hydroxyl groups is 1. The fourth-order valence-corrected chi connectivity index (χ4v) is 2.75. The van der Waals surface area contributed by atoms with Crippen molar-refractivity contribution in [3.63, 3.8) is 0 Å². The third-order valence-electron chi connectivity index (χ3n) is 3.94. The lowest BCUT2D eigenvalue weighted by Gasteiger charge is -2.35. The monoisotopic (exact) mass is 258 g/mol. The Hall–Kier alpha value is -0.200. The van der Waals surface area contributed by atoms with Crippen molar-refractivity contribution in [2.45, 2.75) is 25.0 Å². The van der Waals surface area contributed by atoms with E-state index in [-0.39, 0.29) is 12.7 Å². The number of hydrogen-bond acceptors (Lipinski definition) is 5. The van der Waals surface area contributed by atoms with Gasteiger partial charge in [-0.3, -0.25) is 9.80 Å². The molecule has 2 rings (SSSR count). The minimum absolute atomic E-state index is 0.0815. The summed E-state index contributed by atoms with van der Waals surface area (Å²) >= 11 is 0. The van der Waals surface area contributed by atoms with E-state index in [1.54, 1.807) is 7.11 Å². The maximum Gasteiger partial charge on any atom is 0.0811 e. The van der Waals surface area contributed by atoms with Gasteiger partial charge < -0.3 is 14.6 Å². The Kier molecular flexibility index (Phi) is 5.85. The average molecular weight is 258 g/mol. The summed E-state index contributed by atoms with van der Waals surface area (Å²) in [5, 5.41) is 9.05. The van der Waals surface area contributed by atoms with E-state index in [0.717, 1.165) is 58.7 Å². The Morgan fingerprint density at radius 3 is 2.39 bits per heavy atom. The highest BCUT2D eigenvalue weighted by atomic mass is 16.5. The van der Waals surface area contributed by atoms with Gasteiger partial charge in [-0.25, -0.2) is 0 Å². The Bertz CT molecular complexity index is 232. The SMILES string of the molecule is COCCN1CCN(C[C@@H]2CC[C@H](CO)O2)CC1. The lowest BCUT2D eigenvalue weighted by atomic mass is 10.2. The van der Waals surface area contributed by atoms with Gasteiger partial charge in [0, 0.05) is 46.4 Å². The summed E-state index contributed by atoms with van der Waals surface area (Å²) in [6.07, 6.45) is 2.51. The van der Waals surface area contributed by atoms with Crippen molar-refractivity contribution in [3.05, 3.63) is 0 Å². The second-order valence-corrected chi connectivity index (χ2v) is 5.28. The molecule has 0 radical (unpaired) electrons. The quantitative estimate of drug-likeness (QED) is 0.714. The lowest BCUT2D eigenvalue weighted by molar-refractivity contribution is -0.0108. The van der Waals surface area contributed by atoms with Crippen molar-refractivity contribution in [1.29, 1.82) is 0 Å². The molecule has 2 saturated heterocycles. The summed E-state index contributed by atoms with van der Waals surface area (Å²) in [6, 6.07) is 0. The number of nitrogens with zero attached hydrogens (tertiary/aromatic N) is 2. The van der Waals surface area contributed by atoms with Crippen molar-refractivity contribution < 1.29 is 14.6 Å². The van der Waals surface area contributed by atoms with Gasteiger partial charge in [-0.1, -0.05) is 0 Å². The average Bonchev–Trinajstić information content (AvgIpc) is 2.86. The highest BCUT2D eigenvalue weighted by Crippen LogP contribution is 2.20. The minimum atomic E-state index is 0.0815. The predicted molar refractivity (Wildman–Crippen MR) is 69.7 cm³/mol. The molecule has 18 heavy (non-hydrogen) atoms. The van der Waals surface area contributed by atoms with Gasteiger partial charge in [-0.15, -0.1) is 0 Å². The van der Waals surface area contributed by atoms with Crippen LogP contribution in [0, 0.1) is 0 Å². The molecule has 0 aromatic heterocycles. The zero-order valence-corrected chi connectivity index (χ0v) is 11.4. The van der Waals surface area contributed by atoms with Crippen LogP contribution in [-0.2, 0) is 9.47 Å². The summed E-state index contributed by atoms with van der Waals surface area (Å²) in [4.78, 5) is 4.93. The highest BCUT2D eigenvalue weighted by Gasteiger charge is 2.27. The molecule has 2 aliphatic rings. The van der Waals surface area contributed by atoms with E-state index in [2.05, 4.69) is 9.80 Å². The van der Waals surface area contributed by atoms with Gasteiger partial charge in [0.25, 0.3) is 0 Å². The zero-order valence-electron chi connectivity index (χ0n) is 11.4. The number of hydrogen-bond donors (Lipinski definition) is 1. The molecule has 0 aliphatic carbocycles. The first-order chi connectivity index (χ1) is 8.81. The standard InChI is InChI=1S/C13H26N2O3/c1-17-9-8-14-4-6-15(7-5-14)10-12-2-3-13(11-16)18-12/h12-13,16H,2-11H2,1H3/t12-,13+/m0/s1. The molecule has 0 amide bonds. The molecular weight excluding hydrogens is 232 g/mol. The predicted octanol–water partition coefficient (Wildman–Crippen LogP) is -0.210. The minimum Gasteiger partial charge on any atom is -0.394 e. The van der Waals surface area contributed by atoms with Crippen molar-refractivity contribution in [2.24, 2.45) is 0 Å². The van der Waals surface area contributed by atoms with Crippen LogP contribution in [0.5, 0.6) is 0 Å². The smallest absolute Gasteiger partial charge is 0.0811 e. The fourth-order valence-electron chi connectivity index (χ4n) is 2.75. The van der Waals surface area contributed by atoms with E-state index in [1.165, 1.54) is 0 Å². The van der Waals surface area contributed by atoms with E-state index in [1.807, 2.05) is 0 Å². The van der Waals surface area contributed by atoms with E-state index in [0.29, 0.717) is 6.10 Å². The molecule has 0 aromatic rings. The van der Waals surface area contributed by atoms with Crippen LogP contribution in [0.2, 0.25) is 0 Å². The van der Waals surface area contributed by atoms with Gasteiger partial charge in [0.15, 0.2) is 0 Å². The Morgan fingerprint density at radius 1 is 1.11 bits per heavy atom. The van der Waals surface area contributed by atoms with Crippen LogP contribution < -0.4 is 0 Å². The molecule has 2 aliphatic heterocycles. The molecule has 0 unspecified atom stereocenters. The van der Waals surface area contributed by atoms with Crippen LogP contribution >= 0.6 is 0 Å². The molecule has 5 heteroatoms. The van der Waals surface area contributed by atoms with E-state index in [4.69, 9.17) is 14.6 Å². The van der Waals surface area contributed by atoms with E-state index in [9.17, 15) is 0 Å². The largest absolute Gasteiger partial charge is 0.394 e. The van der Waals surface area contributed by atoms with Crippen LogP contribution in [0.3, 0.4) is 0 Å². The van der Waals surface area contributed by atoms with Gasteiger partial charge in [0.2, 0.25) is 0 Å². The summed E-state index contributed by atoms with van der Waals surface area (Å²) < 4.78 is 10.9. The first-order valence-corrected chi connectivity index (χ1v) is 7.01. The molecule has 0 aromatic carbocycles. The molecule has 2 fully saturated rings. The van der Waals surface area contributed by atoms with Gasteiger partial charge in [-0.05, 0) is 12.8 Å². The van der Waals surface area contributed by atoms with Crippen molar-refractivity contribution in [1.82, 2.24) is 9.80 Å². The first-order valence-electron chi connectivity index (χ1n) is 7.01. The van der Waals surface area contributed by atoms with Crippen LogP contribution in [0.15, 0.2) is 0 Å². The summed E-state index contributed by atoms with van der Waals surface area (Å²) in [7, 11) is 1.76. The van der Waals surface area contributed by atoms with Gasteiger partial charge in [0.1, 0.15) is 0 Å². The topological polar surface area (TPSA) is 45.2 Å². The molecule has 106 valence electrons. The molecule has 0 saturated carbocycles. The van der Waals surface area contributed by atoms with E-state index >= 15 is 0 Å². The summed E-state index contributed by atoms with van der Waals surface area (Å²) in [5.41, 5.74) is 0. The van der Waals surface area contributed by atoms with E-state index < -0.39 is 0 Å². The van der Waals surface area contributed by atoms with Crippen molar-refractivity contribution >= 4 is 0 Å². The normalized spacial score (nSPS) is 31.0. The summed E-state index contributed by atoms with van der Waals surface area (Å²) in [6.45, 7) is 7.54. The lowest BCUT2D eigenvalue weighted by Crippen LogP contribution is -2.49. The summed E-state index contributed by atoms with van der Waals surface area (Å²) in [5.74, 6) is 0.